The molecule has 8 heteroatoms. The number of benzene rings is 1. The topological polar surface area (TPSA) is 87.1 Å². The zero-order valence-corrected chi connectivity index (χ0v) is 16.0. The molecule has 1 aliphatic heterocycles. The summed E-state index contributed by atoms with van der Waals surface area (Å²) in [5.41, 5.74) is 1.64. The number of hydrogen-bond acceptors (Lipinski definition) is 5. The van der Waals surface area contributed by atoms with Crippen molar-refractivity contribution in [1.29, 1.82) is 0 Å². The first-order chi connectivity index (χ1) is 13.7. The average Bonchev–Trinajstić information content (AvgIpc) is 3.37. The van der Waals surface area contributed by atoms with Crippen LogP contribution in [-0.4, -0.2) is 62.5 Å². The molecule has 0 saturated carbocycles. The third-order valence-electron chi connectivity index (χ3n) is 5.21. The lowest BCUT2D eigenvalue weighted by atomic mass is 10.1. The highest BCUT2D eigenvalue weighted by molar-refractivity contribution is 6.08. The number of para-hydroxylation sites is 1. The Balaban J connectivity index is 1.48. The van der Waals surface area contributed by atoms with Gasteiger partial charge in [0.15, 0.2) is 5.78 Å². The van der Waals surface area contributed by atoms with E-state index in [0.29, 0.717) is 38.2 Å². The van der Waals surface area contributed by atoms with Gasteiger partial charge in [-0.1, -0.05) is 25.1 Å². The van der Waals surface area contributed by atoms with Gasteiger partial charge < -0.3 is 14.4 Å². The van der Waals surface area contributed by atoms with Crippen molar-refractivity contribution in [2.45, 2.75) is 26.3 Å². The predicted molar refractivity (Wildman–Crippen MR) is 106 cm³/mol. The number of anilines is 1. The summed E-state index contributed by atoms with van der Waals surface area (Å²) in [5.74, 6) is 0.931. The number of rotatable bonds is 6. The van der Waals surface area contributed by atoms with E-state index in [4.69, 9.17) is 0 Å². The van der Waals surface area contributed by atoms with Gasteiger partial charge >= 0.3 is 0 Å². The molecular formula is C20H24N6O2. The molecule has 3 aromatic rings. The second-order valence-corrected chi connectivity index (χ2v) is 7.04. The first-order valence-corrected chi connectivity index (χ1v) is 9.66. The highest BCUT2D eigenvalue weighted by Crippen LogP contribution is 2.23. The minimum atomic E-state index is 0.0625. The van der Waals surface area contributed by atoms with Gasteiger partial charge in [-0.05, 0) is 12.5 Å². The van der Waals surface area contributed by atoms with Crippen molar-refractivity contribution in [2.24, 2.45) is 0 Å². The highest BCUT2D eigenvalue weighted by atomic mass is 16.2. The molecule has 1 N–H and O–H groups in total. The SMILES string of the molecule is CCCC(=O)c1cn(CC(=O)N2CCN(c3ncn[nH]3)CC2)c2ccccc12. The molecule has 0 bridgehead atoms. The minimum absolute atomic E-state index is 0.0625. The number of nitrogens with zero attached hydrogens (tertiary/aromatic N) is 5. The van der Waals surface area contributed by atoms with Crippen LogP contribution in [0.4, 0.5) is 5.95 Å². The maximum Gasteiger partial charge on any atom is 0.242 e. The number of nitrogens with one attached hydrogen (secondary N) is 1. The van der Waals surface area contributed by atoms with Crippen LogP contribution in [-0.2, 0) is 11.3 Å². The van der Waals surface area contributed by atoms with Crippen LogP contribution in [0.15, 0.2) is 36.8 Å². The summed E-state index contributed by atoms with van der Waals surface area (Å²) in [6.45, 7) is 4.95. The van der Waals surface area contributed by atoms with Crippen LogP contribution in [0.3, 0.4) is 0 Å². The molecule has 8 nitrogen and oxygen atoms in total. The van der Waals surface area contributed by atoms with Gasteiger partial charge in [-0.15, -0.1) is 0 Å². The Kier molecular flexibility index (Phi) is 5.10. The van der Waals surface area contributed by atoms with Gasteiger partial charge in [-0.2, -0.15) is 10.1 Å². The quantitative estimate of drug-likeness (QED) is 0.662. The highest BCUT2D eigenvalue weighted by Gasteiger charge is 2.23. The molecule has 28 heavy (non-hydrogen) atoms. The van der Waals surface area contributed by atoms with Gasteiger partial charge in [0, 0.05) is 55.3 Å². The summed E-state index contributed by atoms with van der Waals surface area (Å²) < 4.78 is 1.91. The Morgan fingerprint density at radius 2 is 1.93 bits per heavy atom. The molecule has 1 aliphatic rings. The zero-order chi connectivity index (χ0) is 19.5. The normalized spacial score (nSPS) is 14.6. The summed E-state index contributed by atoms with van der Waals surface area (Å²) in [5, 5.41) is 7.66. The number of piperazine rings is 1. The molecule has 3 heterocycles. The number of amides is 1. The van der Waals surface area contributed by atoms with Crippen LogP contribution in [0, 0.1) is 0 Å². The molecule has 0 radical (unpaired) electrons. The van der Waals surface area contributed by atoms with E-state index in [-0.39, 0.29) is 18.2 Å². The number of Topliss-reactive ketones (excluding diaryl/α,β-unsaturated/α-hetero) is 1. The lowest BCUT2D eigenvalue weighted by Gasteiger charge is -2.34. The monoisotopic (exact) mass is 380 g/mol. The van der Waals surface area contributed by atoms with Gasteiger partial charge in [-0.25, -0.2) is 5.10 Å². The van der Waals surface area contributed by atoms with Gasteiger partial charge in [-0.3, -0.25) is 9.59 Å². The molecule has 1 saturated heterocycles. The first kappa shape index (κ1) is 18.2. The molecule has 1 aromatic carbocycles. The second kappa shape index (κ2) is 7.84. The molecule has 4 rings (SSSR count). The van der Waals surface area contributed by atoms with Crippen molar-refractivity contribution in [3.63, 3.8) is 0 Å². The van der Waals surface area contributed by atoms with E-state index >= 15 is 0 Å². The number of hydrogen-bond donors (Lipinski definition) is 1. The fourth-order valence-corrected chi connectivity index (χ4v) is 3.73. The summed E-state index contributed by atoms with van der Waals surface area (Å²) in [7, 11) is 0. The lowest BCUT2D eigenvalue weighted by Crippen LogP contribution is -2.49. The maximum atomic E-state index is 12.9. The Morgan fingerprint density at radius 3 is 2.64 bits per heavy atom. The van der Waals surface area contributed by atoms with E-state index < -0.39 is 0 Å². The Labute approximate surface area is 163 Å². The second-order valence-electron chi connectivity index (χ2n) is 7.04. The van der Waals surface area contributed by atoms with E-state index in [1.165, 1.54) is 6.33 Å². The van der Waals surface area contributed by atoms with E-state index in [0.717, 1.165) is 23.3 Å². The summed E-state index contributed by atoms with van der Waals surface area (Å²) in [6, 6.07) is 7.79. The molecule has 0 aliphatic carbocycles. The largest absolute Gasteiger partial charge is 0.338 e. The van der Waals surface area contributed by atoms with Crippen molar-refractivity contribution in [3.8, 4) is 0 Å². The van der Waals surface area contributed by atoms with Crippen molar-refractivity contribution in [2.75, 3.05) is 31.1 Å². The van der Waals surface area contributed by atoms with Gasteiger partial charge in [0.05, 0.1) is 0 Å². The number of carbonyl (C=O) groups excluding carboxylic acids is 2. The van der Waals surface area contributed by atoms with Crippen molar-refractivity contribution in [3.05, 3.63) is 42.4 Å². The number of carbonyl (C=O) groups is 2. The molecule has 0 unspecified atom stereocenters. The lowest BCUT2D eigenvalue weighted by molar-refractivity contribution is -0.132. The van der Waals surface area contributed by atoms with E-state index in [2.05, 4.69) is 20.1 Å². The van der Waals surface area contributed by atoms with Crippen LogP contribution in [0.1, 0.15) is 30.1 Å². The van der Waals surface area contributed by atoms with Gasteiger partial charge in [0.1, 0.15) is 12.9 Å². The fraction of sp³-hybridized carbons (Fsp3) is 0.400. The Bertz CT molecular complexity index is 970. The number of ketones is 1. The number of H-pyrrole nitrogens is 1. The van der Waals surface area contributed by atoms with Crippen LogP contribution in [0.2, 0.25) is 0 Å². The fourth-order valence-electron chi connectivity index (χ4n) is 3.73. The predicted octanol–water partition coefficient (Wildman–Crippen LogP) is 2.09. The van der Waals surface area contributed by atoms with Crippen molar-refractivity contribution < 1.29 is 9.59 Å². The molecule has 146 valence electrons. The third kappa shape index (κ3) is 3.49. The molecule has 0 spiro atoms. The van der Waals surface area contributed by atoms with Crippen molar-refractivity contribution >= 4 is 28.5 Å². The zero-order valence-electron chi connectivity index (χ0n) is 16.0. The molecule has 2 aromatic heterocycles. The molecule has 0 atom stereocenters. The van der Waals surface area contributed by atoms with E-state index in [1.807, 2.05) is 46.9 Å². The number of aromatic amines is 1. The smallest absolute Gasteiger partial charge is 0.242 e. The van der Waals surface area contributed by atoms with E-state index in [9.17, 15) is 9.59 Å². The van der Waals surface area contributed by atoms with Crippen LogP contribution < -0.4 is 4.90 Å². The molecule has 1 fully saturated rings. The summed E-state index contributed by atoms with van der Waals surface area (Å²) in [6.07, 6.45) is 4.66. The summed E-state index contributed by atoms with van der Waals surface area (Å²) >= 11 is 0. The van der Waals surface area contributed by atoms with Gasteiger partial charge in [0.25, 0.3) is 0 Å². The third-order valence-corrected chi connectivity index (χ3v) is 5.21. The molecule has 1 amide bonds. The van der Waals surface area contributed by atoms with E-state index in [1.54, 1.807) is 0 Å². The van der Waals surface area contributed by atoms with Crippen LogP contribution in [0.5, 0.6) is 0 Å². The number of fused-ring (bicyclic) bond motifs is 1. The molecular weight excluding hydrogens is 356 g/mol. The van der Waals surface area contributed by atoms with Crippen LogP contribution in [0.25, 0.3) is 10.9 Å². The number of aromatic nitrogens is 4. The maximum absolute atomic E-state index is 12.9. The van der Waals surface area contributed by atoms with Gasteiger partial charge in [0.2, 0.25) is 11.9 Å². The average molecular weight is 380 g/mol. The first-order valence-electron chi connectivity index (χ1n) is 9.66. The Morgan fingerprint density at radius 1 is 1.14 bits per heavy atom. The Hall–Kier alpha value is -3.16. The summed E-state index contributed by atoms with van der Waals surface area (Å²) in [4.78, 5) is 33.5. The standard InChI is InChI=1S/C20H24N6O2/c1-2-5-18(27)16-12-26(17-7-4-3-6-15(16)17)13-19(28)24-8-10-25(11-9-24)20-21-14-22-23-20/h3-4,6-7,12,14H,2,5,8-11,13H2,1H3,(H,21,22,23). The van der Waals surface area contributed by atoms with Crippen LogP contribution >= 0.6 is 0 Å². The minimum Gasteiger partial charge on any atom is -0.338 e. The van der Waals surface area contributed by atoms with Crippen molar-refractivity contribution in [1.82, 2.24) is 24.6 Å².